The van der Waals surface area contributed by atoms with Gasteiger partial charge >= 0.3 is 5.97 Å². The van der Waals surface area contributed by atoms with Gasteiger partial charge in [-0.1, -0.05) is 29.8 Å². The molecule has 0 bridgehead atoms. The number of para-hydroxylation sites is 1. The molecule has 4 rings (SSSR count). The number of nitrogens with one attached hydrogen (secondary N) is 1. The number of hydrogen-bond donors (Lipinski definition) is 1. The Hall–Kier alpha value is -4.21. The van der Waals surface area contributed by atoms with E-state index in [1.807, 2.05) is 19.1 Å². The topological polar surface area (TPSA) is 117 Å². The van der Waals surface area contributed by atoms with Crippen LogP contribution >= 0.6 is 0 Å². The third kappa shape index (κ3) is 4.29. The van der Waals surface area contributed by atoms with Crippen LogP contribution in [0.2, 0.25) is 0 Å². The second kappa shape index (κ2) is 8.88. The number of nitrogens with zero attached hydrogens (tertiary/aromatic N) is 4. The first-order chi connectivity index (χ1) is 15.4. The SMILES string of the molecule is Cc1ccc2c(c1)c(=O)n(C)c1nnc(COC(=O)CNC(=O)COc3ccccc3)n21. The van der Waals surface area contributed by atoms with Crippen molar-refractivity contribution >= 4 is 28.6 Å². The standard InChI is InChI=1S/C22H21N5O5/c1-14-8-9-17-16(10-14)21(30)26(2)22-25-24-18(27(17)22)12-32-20(29)11-23-19(28)13-31-15-6-4-3-5-7-15/h3-10H,11-13H2,1-2H3,(H,23,28). The molecule has 10 heteroatoms. The molecule has 10 nitrogen and oxygen atoms in total. The molecule has 0 atom stereocenters. The number of amides is 1. The van der Waals surface area contributed by atoms with E-state index in [-0.39, 0.29) is 25.3 Å². The normalized spacial score (nSPS) is 10.9. The van der Waals surface area contributed by atoms with Crippen LogP contribution in [0.5, 0.6) is 5.75 Å². The highest BCUT2D eigenvalue weighted by Crippen LogP contribution is 2.16. The van der Waals surface area contributed by atoms with Crippen LogP contribution in [0.15, 0.2) is 53.3 Å². The van der Waals surface area contributed by atoms with Crippen LogP contribution in [0.4, 0.5) is 0 Å². The van der Waals surface area contributed by atoms with Crippen molar-refractivity contribution in [2.75, 3.05) is 13.2 Å². The first kappa shape index (κ1) is 21.0. The molecule has 1 N–H and O–H groups in total. The summed E-state index contributed by atoms with van der Waals surface area (Å²) < 4.78 is 13.6. The van der Waals surface area contributed by atoms with Gasteiger partial charge in [-0.3, -0.25) is 23.4 Å². The maximum absolute atomic E-state index is 12.6. The molecule has 2 aromatic carbocycles. The third-order valence-corrected chi connectivity index (χ3v) is 4.85. The van der Waals surface area contributed by atoms with Gasteiger partial charge < -0.3 is 14.8 Å². The molecular formula is C22H21N5O5. The molecule has 2 aromatic heterocycles. The molecular weight excluding hydrogens is 414 g/mol. The number of aryl methyl sites for hydroxylation is 2. The van der Waals surface area contributed by atoms with Crippen LogP contribution in [0.1, 0.15) is 11.4 Å². The molecule has 1 amide bonds. The molecule has 32 heavy (non-hydrogen) atoms. The fourth-order valence-electron chi connectivity index (χ4n) is 3.24. The van der Waals surface area contributed by atoms with Crippen LogP contribution in [0, 0.1) is 6.92 Å². The first-order valence-electron chi connectivity index (χ1n) is 9.87. The van der Waals surface area contributed by atoms with Crippen molar-refractivity contribution in [3.8, 4) is 5.75 Å². The van der Waals surface area contributed by atoms with Crippen LogP contribution in [0.25, 0.3) is 16.7 Å². The second-order valence-corrected chi connectivity index (χ2v) is 7.18. The van der Waals surface area contributed by atoms with Crippen LogP contribution in [-0.2, 0) is 28.0 Å². The van der Waals surface area contributed by atoms with Crippen LogP contribution in [-0.4, -0.2) is 44.2 Å². The predicted octanol–water partition coefficient (Wildman–Crippen LogP) is 1.13. The van der Waals surface area contributed by atoms with E-state index in [0.29, 0.717) is 28.3 Å². The second-order valence-electron chi connectivity index (χ2n) is 7.18. The van der Waals surface area contributed by atoms with Crippen molar-refractivity contribution in [3.05, 3.63) is 70.3 Å². The van der Waals surface area contributed by atoms with Crippen molar-refractivity contribution in [2.24, 2.45) is 7.05 Å². The summed E-state index contributed by atoms with van der Waals surface area (Å²) in [5, 5.41) is 11.1. The summed E-state index contributed by atoms with van der Waals surface area (Å²) in [6.45, 7) is 1.20. The molecule has 0 radical (unpaired) electrons. The Kier molecular flexibility index (Phi) is 5.84. The Morgan fingerprint density at radius 1 is 1.09 bits per heavy atom. The van der Waals surface area contributed by atoms with Gasteiger partial charge in [0.15, 0.2) is 19.0 Å². The molecule has 0 spiro atoms. The van der Waals surface area contributed by atoms with Crippen molar-refractivity contribution < 1.29 is 19.1 Å². The number of rotatable bonds is 7. The summed E-state index contributed by atoms with van der Waals surface area (Å²) in [4.78, 5) is 36.6. The van der Waals surface area contributed by atoms with Crippen molar-refractivity contribution in [2.45, 2.75) is 13.5 Å². The van der Waals surface area contributed by atoms with Crippen molar-refractivity contribution in [1.29, 1.82) is 0 Å². The highest BCUT2D eigenvalue weighted by atomic mass is 16.5. The van der Waals surface area contributed by atoms with Gasteiger partial charge in [-0.05, 0) is 31.2 Å². The van der Waals surface area contributed by atoms with Gasteiger partial charge in [0.05, 0.1) is 10.9 Å². The maximum Gasteiger partial charge on any atom is 0.325 e. The largest absolute Gasteiger partial charge is 0.484 e. The third-order valence-electron chi connectivity index (χ3n) is 4.85. The number of carbonyl (C=O) groups is 2. The zero-order valence-corrected chi connectivity index (χ0v) is 17.6. The van der Waals surface area contributed by atoms with E-state index in [2.05, 4.69) is 15.5 Å². The zero-order chi connectivity index (χ0) is 22.7. The minimum absolute atomic E-state index is 0.169. The molecule has 2 heterocycles. The number of hydrogen-bond acceptors (Lipinski definition) is 7. The number of carbonyl (C=O) groups excluding carboxylic acids is 2. The number of benzene rings is 2. The average molecular weight is 435 g/mol. The van der Waals surface area contributed by atoms with Gasteiger partial charge in [-0.25, -0.2) is 0 Å². The average Bonchev–Trinajstić information content (AvgIpc) is 3.23. The van der Waals surface area contributed by atoms with E-state index in [9.17, 15) is 14.4 Å². The van der Waals surface area contributed by atoms with Gasteiger partial charge in [-0.2, -0.15) is 0 Å². The molecule has 164 valence electrons. The molecule has 0 saturated carbocycles. The Morgan fingerprint density at radius 3 is 2.66 bits per heavy atom. The Balaban J connectivity index is 1.40. The number of fused-ring (bicyclic) bond motifs is 3. The van der Waals surface area contributed by atoms with Gasteiger partial charge in [0.2, 0.25) is 5.78 Å². The minimum atomic E-state index is -0.639. The summed E-state index contributed by atoms with van der Waals surface area (Å²) in [6, 6.07) is 14.4. The van der Waals surface area contributed by atoms with Crippen molar-refractivity contribution in [1.82, 2.24) is 24.5 Å². The number of ether oxygens (including phenoxy) is 2. The molecule has 0 fully saturated rings. The highest BCUT2D eigenvalue weighted by Gasteiger charge is 2.16. The monoisotopic (exact) mass is 435 g/mol. The van der Waals surface area contributed by atoms with E-state index in [4.69, 9.17) is 9.47 Å². The Bertz CT molecular complexity index is 1360. The lowest BCUT2D eigenvalue weighted by Crippen LogP contribution is -2.34. The molecule has 0 aliphatic rings. The fraction of sp³-hybridized carbons (Fsp3) is 0.227. The highest BCUT2D eigenvalue weighted by molar-refractivity contribution is 5.83. The van der Waals surface area contributed by atoms with Gasteiger partial charge in [0.1, 0.15) is 12.3 Å². The summed E-state index contributed by atoms with van der Waals surface area (Å²) in [5.41, 5.74) is 1.38. The smallest absolute Gasteiger partial charge is 0.325 e. The van der Waals surface area contributed by atoms with E-state index < -0.39 is 11.9 Å². The minimum Gasteiger partial charge on any atom is -0.484 e. The maximum atomic E-state index is 12.6. The molecule has 4 aromatic rings. The van der Waals surface area contributed by atoms with Crippen LogP contribution < -0.4 is 15.6 Å². The van der Waals surface area contributed by atoms with Gasteiger partial charge in [0, 0.05) is 7.05 Å². The summed E-state index contributed by atoms with van der Waals surface area (Å²) in [6.07, 6.45) is 0. The molecule has 0 aliphatic heterocycles. The van der Waals surface area contributed by atoms with E-state index in [1.54, 1.807) is 47.8 Å². The predicted molar refractivity (Wildman–Crippen MR) is 115 cm³/mol. The summed E-state index contributed by atoms with van der Waals surface area (Å²) >= 11 is 0. The van der Waals surface area contributed by atoms with E-state index in [1.165, 1.54) is 4.57 Å². The number of esters is 1. The van der Waals surface area contributed by atoms with Crippen molar-refractivity contribution in [3.63, 3.8) is 0 Å². The van der Waals surface area contributed by atoms with E-state index in [0.717, 1.165) is 5.56 Å². The van der Waals surface area contributed by atoms with Gasteiger partial charge in [-0.15, -0.1) is 10.2 Å². The Labute approximate surface area is 182 Å². The Morgan fingerprint density at radius 2 is 1.88 bits per heavy atom. The quantitative estimate of drug-likeness (QED) is 0.433. The van der Waals surface area contributed by atoms with Gasteiger partial charge in [0.25, 0.3) is 11.5 Å². The molecule has 0 unspecified atom stereocenters. The lowest BCUT2D eigenvalue weighted by Gasteiger charge is -2.09. The fourth-order valence-corrected chi connectivity index (χ4v) is 3.24. The van der Waals surface area contributed by atoms with E-state index >= 15 is 0 Å². The first-order valence-corrected chi connectivity index (χ1v) is 9.87. The molecule has 0 aliphatic carbocycles. The lowest BCUT2D eigenvalue weighted by atomic mass is 10.1. The zero-order valence-electron chi connectivity index (χ0n) is 17.6. The summed E-state index contributed by atoms with van der Waals surface area (Å²) in [5.74, 6) is 0.163. The summed E-state index contributed by atoms with van der Waals surface area (Å²) in [7, 11) is 1.61. The molecule has 0 saturated heterocycles. The van der Waals surface area contributed by atoms with Crippen LogP contribution in [0.3, 0.4) is 0 Å². The lowest BCUT2D eigenvalue weighted by molar-refractivity contribution is -0.145. The number of aromatic nitrogens is 4.